The fraction of sp³-hybridized carbons (Fsp3) is 0.321. The standard InChI is InChI=1S/C28H35N2O3PS/c1-4-32-34(31,33-5-2)21-11-18-29-28(35-27-15-10-9-12-24(27)3)22-25-16-19-30(20-17-25)23-26-13-7-6-8-14-26/h6-10,12-17,19-20,22H,4-5,11,18,21,23H2,1-3H3/b29-28+. The summed E-state index contributed by atoms with van der Waals surface area (Å²) in [6.45, 7) is 7.91. The second-order valence-corrected chi connectivity index (χ2v) is 11.3. The van der Waals surface area contributed by atoms with E-state index < -0.39 is 7.60 Å². The molecule has 0 unspecified atom stereocenters. The van der Waals surface area contributed by atoms with E-state index in [9.17, 15) is 4.57 Å². The monoisotopic (exact) mass is 510 g/mol. The number of hydrogen-bond donors (Lipinski definition) is 0. The predicted octanol–water partition coefficient (Wildman–Crippen LogP) is 7.61. The van der Waals surface area contributed by atoms with Crippen molar-refractivity contribution in [2.75, 3.05) is 25.9 Å². The van der Waals surface area contributed by atoms with Gasteiger partial charge >= 0.3 is 7.60 Å². The van der Waals surface area contributed by atoms with Gasteiger partial charge in [0, 0.05) is 30.4 Å². The quantitative estimate of drug-likeness (QED) is 0.0967. The zero-order chi connectivity index (χ0) is 24.9. The van der Waals surface area contributed by atoms with Crippen LogP contribution >= 0.6 is 19.4 Å². The lowest BCUT2D eigenvalue weighted by Crippen LogP contribution is -2.11. The largest absolute Gasteiger partial charge is 0.350 e. The highest BCUT2D eigenvalue weighted by molar-refractivity contribution is 8.14. The van der Waals surface area contributed by atoms with Crippen molar-refractivity contribution < 1.29 is 13.6 Å². The number of thioether (sulfide) groups is 1. The molecular weight excluding hydrogens is 475 g/mol. The first-order chi connectivity index (χ1) is 17.0. The second kappa shape index (κ2) is 14.3. The summed E-state index contributed by atoms with van der Waals surface area (Å²) in [6, 6.07) is 18.7. The minimum atomic E-state index is -3.04. The molecule has 0 N–H and O–H groups in total. The highest BCUT2D eigenvalue weighted by Gasteiger charge is 2.22. The Hall–Kier alpha value is -2.37. The van der Waals surface area contributed by atoms with Crippen LogP contribution in [0.3, 0.4) is 0 Å². The fourth-order valence-corrected chi connectivity index (χ4v) is 6.11. The van der Waals surface area contributed by atoms with Crippen LogP contribution in [0.25, 0.3) is 0 Å². The van der Waals surface area contributed by atoms with E-state index in [2.05, 4.69) is 78.8 Å². The molecule has 0 aromatic heterocycles. The molecule has 3 rings (SSSR count). The van der Waals surface area contributed by atoms with E-state index >= 15 is 0 Å². The SMILES string of the molecule is CCOP(=O)(CCC/N=C(\C=C1C=CN(Cc2ccccc2)C=C1)Sc1ccccc1C)OCC. The van der Waals surface area contributed by atoms with Crippen molar-refractivity contribution in [1.82, 2.24) is 4.90 Å². The Morgan fingerprint density at radius 3 is 2.31 bits per heavy atom. The molecule has 0 saturated carbocycles. The Balaban J connectivity index is 1.69. The molecule has 1 aliphatic rings. The van der Waals surface area contributed by atoms with Gasteiger partial charge in [-0.1, -0.05) is 60.3 Å². The number of aryl methyl sites for hydroxylation is 1. The van der Waals surface area contributed by atoms with Gasteiger partial charge in [0.1, 0.15) is 0 Å². The number of allylic oxidation sites excluding steroid dienone is 3. The number of nitrogens with zero attached hydrogens (tertiary/aromatic N) is 2. The number of benzene rings is 2. The predicted molar refractivity (Wildman–Crippen MR) is 148 cm³/mol. The molecule has 186 valence electrons. The first-order valence-corrected chi connectivity index (χ1v) is 14.6. The van der Waals surface area contributed by atoms with Crippen LogP contribution in [0, 0.1) is 6.92 Å². The van der Waals surface area contributed by atoms with Crippen LogP contribution < -0.4 is 0 Å². The van der Waals surface area contributed by atoms with Crippen LogP contribution in [-0.2, 0) is 20.2 Å². The molecule has 0 saturated heterocycles. The zero-order valence-electron chi connectivity index (χ0n) is 20.8. The Morgan fingerprint density at radius 2 is 1.66 bits per heavy atom. The van der Waals surface area contributed by atoms with E-state index in [0.29, 0.717) is 32.3 Å². The second-order valence-electron chi connectivity index (χ2n) is 8.04. The molecule has 1 aliphatic heterocycles. The van der Waals surface area contributed by atoms with Gasteiger partial charge in [0.15, 0.2) is 0 Å². The molecule has 5 nitrogen and oxygen atoms in total. The summed E-state index contributed by atoms with van der Waals surface area (Å²) in [4.78, 5) is 8.19. The Kier molecular flexibility index (Phi) is 11.1. The normalized spacial score (nSPS) is 14.0. The van der Waals surface area contributed by atoms with Gasteiger partial charge in [0.25, 0.3) is 0 Å². The zero-order valence-corrected chi connectivity index (χ0v) is 22.5. The minimum absolute atomic E-state index is 0.366. The highest BCUT2D eigenvalue weighted by Crippen LogP contribution is 2.48. The average molecular weight is 511 g/mol. The molecule has 0 amide bonds. The van der Waals surface area contributed by atoms with Gasteiger partial charge < -0.3 is 13.9 Å². The van der Waals surface area contributed by atoms with Crippen LogP contribution in [-0.4, -0.2) is 35.9 Å². The maximum absolute atomic E-state index is 12.7. The van der Waals surface area contributed by atoms with Gasteiger partial charge in [-0.15, -0.1) is 0 Å². The van der Waals surface area contributed by atoms with Crippen molar-refractivity contribution in [2.24, 2.45) is 4.99 Å². The molecule has 35 heavy (non-hydrogen) atoms. The van der Waals surface area contributed by atoms with Crippen molar-refractivity contribution in [3.63, 3.8) is 0 Å². The molecule has 0 bridgehead atoms. The van der Waals surface area contributed by atoms with Gasteiger partial charge in [-0.2, -0.15) is 0 Å². The van der Waals surface area contributed by atoms with Crippen LogP contribution in [0.5, 0.6) is 0 Å². The third kappa shape index (κ3) is 9.30. The van der Waals surface area contributed by atoms with Crippen molar-refractivity contribution >= 4 is 24.4 Å². The third-order valence-electron chi connectivity index (χ3n) is 5.23. The fourth-order valence-electron chi connectivity index (χ4n) is 3.51. The maximum atomic E-state index is 12.7. The molecule has 0 aliphatic carbocycles. The molecule has 0 radical (unpaired) electrons. The van der Waals surface area contributed by atoms with Gasteiger partial charge in [0.2, 0.25) is 0 Å². The lowest BCUT2D eigenvalue weighted by molar-refractivity contribution is 0.220. The summed E-state index contributed by atoms with van der Waals surface area (Å²) in [5.74, 6) is 0. The number of aliphatic imine (C=N–C) groups is 1. The summed E-state index contributed by atoms with van der Waals surface area (Å²) in [5, 5.41) is 0.919. The molecular formula is C28H35N2O3PS. The number of rotatable bonds is 12. The van der Waals surface area contributed by atoms with E-state index in [1.54, 1.807) is 11.8 Å². The van der Waals surface area contributed by atoms with Crippen LogP contribution in [0.2, 0.25) is 0 Å². The van der Waals surface area contributed by atoms with Crippen molar-refractivity contribution in [1.29, 1.82) is 0 Å². The molecule has 0 fully saturated rings. The Morgan fingerprint density at radius 1 is 1.00 bits per heavy atom. The molecule has 2 aromatic rings. The average Bonchev–Trinajstić information content (AvgIpc) is 2.85. The van der Waals surface area contributed by atoms with Crippen LogP contribution in [0.15, 0.2) is 101 Å². The lowest BCUT2D eigenvalue weighted by Gasteiger charge is -2.19. The van der Waals surface area contributed by atoms with Crippen molar-refractivity contribution in [3.05, 3.63) is 102 Å². The Labute approximate surface area is 214 Å². The van der Waals surface area contributed by atoms with Gasteiger partial charge in [-0.3, -0.25) is 9.56 Å². The summed E-state index contributed by atoms with van der Waals surface area (Å²) < 4.78 is 23.6. The molecule has 0 spiro atoms. The topological polar surface area (TPSA) is 51.1 Å². The van der Waals surface area contributed by atoms with E-state index in [-0.39, 0.29) is 0 Å². The molecule has 0 atom stereocenters. The van der Waals surface area contributed by atoms with Crippen molar-refractivity contribution in [2.45, 2.75) is 38.6 Å². The highest BCUT2D eigenvalue weighted by atomic mass is 32.2. The van der Waals surface area contributed by atoms with E-state index in [4.69, 9.17) is 14.0 Å². The van der Waals surface area contributed by atoms with Gasteiger partial charge in [0.05, 0.1) is 24.4 Å². The van der Waals surface area contributed by atoms with Crippen molar-refractivity contribution in [3.8, 4) is 0 Å². The summed E-state index contributed by atoms with van der Waals surface area (Å²) >= 11 is 1.65. The van der Waals surface area contributed by atoms with Crippen LogP contribution in [0.1, 0.15) is 31.4 Å². The molecule has 2 aromatic carbocycles. The van der Waals surface area contributed by atoms with Gasteiger partial charge in [-0.25, -0.2) is 0 Å². The number of hydrogen-bond acceptors (Lipinski definition) is 6. The first kappa shape index (κ1) is 27.2. The van der Waals surface area contributed by atoms with E-state index in [0.717, 1.165) is 17.2 Å². The third-order valence-corrected chi connectivity index (χ3v) is 8.53. The Bertz CT molecular complexity index is 1090. The molecule has 1 heterocycles. The minimum Gasteiger partial charge on any atom is -0.350 e. The van der Waals surface area contributed by atoms with Crippen LogP contribution in [0.4, 0.5) is 0 Å². The van der Waals surface area contributed by atoms with Gasteiger partial charge in [-0.05, 0) is 68.2 Å². The van der Waals surface area contributed by atoms with E-state index in [1.165, 1.54) is 16.0 Å². The summed E-state index contributed by atoms with van der Waals surface area (Å²) in [6.07, 6.45) is 11.5. The molecule has 7 heteroatoms. The maximum Gasteiger partial charge on any atom is 0.330 e. The summed E-state index contributed by atoms with van der Waals surface area (Å²) in [5.41, 5.74) is 3.57. The summed E-state index contributed by atoms with van der Waals surface area (Å²) in [7, 11) is -3.04. The van der Waals surface area contributed by atoms with E-state index in [1.807, 2.05) is 32.0 Å². The first-order valence-electron chi connectivity index (χ1n) is 12.0. The lowest BCUT2D eigenvalue weighted by atomic mass is 10.1. The smallest absolute Gasteiger partial charge is 0.330 e.